The minimum Gasteiger partial charge on any atom is -0.474 e. The Morgan fingerprint density at radius 2 is 2.24 bits per heavy atom. The molecular formula is C11H10BrNO3S. The Balaban J connectivity index is 2.50. The van der Waals surface area contributed by atoms with Gasteiger partial charge in [-0.3, -0.25) is 9.69 Å². The minimum atomic E-state index is -1.43. The third-order valence-corrected chi connectivity index (χ3v) is 4.19. The van der Waals surface area contributed by atoms with Gasteiger partial charge in [0.15, 0.2) is 0 Å². The van der Waals surface area contributed by atoms with Crippen molar-refractivity contribution < 1.29 is 14.7 Å². The molecule has 0 fully saturated rings. The lowest BCUT2D eigenvalue weighted by Crippen LogP contribution is -2.42. The van der Waals surface area contributed by atoms with Gasteiger partial charge in [0.05, 0.1) is 5.69 Å². The van der Waals surface area contributed by atoms with Crippen molar-refractivity contribution in [1.29, 1.82) is 0 Å². The molecule has 0 aliphatic carbocycles. The van der Waals surface area contributed by atoms with Gasteiger partial charge in [-0.15, -0.1) is 11.8 Å². The number of carboxylic acid groups (broad SMARTS) is 1. The van der Waals surface area contributed by atoms with Gasteiger partial charge in [-0.1, -0.05) is 13.0 Å². The number of amides is 1. The first-order valence-corrected chi connectivity index (χ1v) is 6.68. The van der Waals surface area contributed by atoms with Gasteiger partial charge in [-0.05, 0) is 28.1 Å². The number of hydrogen-bond acceptors (Lipinski definition) is 3. The number of para-hydroxylation sites is 1. The number of anilines is 1. The van der Waals surface area contributed by atoms with Crippen LogP contribution in [-0.4, -0.2) is 28.8 Å². The van der Waals surface area contributed by atoms with Crippen LogP contribution in [0.2, 0.25) is 0 Å². The summed E-state index contributed by atoms with van der Waals surface area (Å²) in [7, 11) is 0. The van der Waals surface area contributed by atoms with Crippen molar-refractivity contribution in [3.05, 3.63) is 22.7 Å². The number of hydrogen-bond donors (Lipinski definition) is 1. The SMILES string of the molecule is CC1CN(C(=O)C(=O)O)c2c(Br)cccc2S1. The molecule has 1 unspecified atom stereocenters. The van der Waals surface area contributed by atoms with Gasteiger partial charge < -0.3 is 5.11 Å². The van der Waals surface area contributed by atoms with E-state index in [1.807, 2.05) is 19.1 Å². The summed E-state index contributed by atoms with van der Waals surface area (Å²) >= 11 is 5.00. The van der Waals surface area contributed by atoms with E-state index in [-0.39, 0.29) is 5.25 Å². The maximum absolute atomic E-state index is 11.7. The lowest BCUT2D eigenvalue weighted by Gasteiger charge is -2.32. The molecule has 0 saturated carbocycles. The van der Waals surface area contributed by atoms with Crippen LogP contribution in [0.15, 0.2) is 27.6 Å². The van der Waals surface area contributed by atoms with Crippen LogP contribution in [0, 0.1) is 0 Å². The molecule has 1 aliphatic heterocycles. The number of carbonyl (C=O) groups is 2. The van der Waals surface area contributed by atoms with Crippen molar-refractivity contribution in [2.24, 2.45) is 0 Å². The first kappa shape index (κ1) is 12.4. The zero-order valence-electron chi connectivity index (χ0n) is 9.01. The Morgan fingerprint density at radius 3 is 2.88 bits per heavy atom. The zero-order chi connectivity index (χ0) is 12.6. The molecule has 0 spiro atoms. The molecule has 1 heterocycles. The summed E-state index contributed by atoms with van der Waals surface area (Å²) in [6, 6.07) is 5.57. The van der Waals surface area contributed by atoms with Gasteiger partial charge in [0, 0.05) is 21.2 Å². The Bertz CT molecular complexity index is 492. The molecule has 0 bridgehead atoms. The smallest absolute Gasteiger partial charge is 0.394 e. The first-order chi connectivity index (χ1) is 8.00. The van der Waals surface area contributed by atoms with Gasteiger partial charge in [-0.2, -0.15) is 0 Å². The van der Waals surface area contributed by atoms with E-state index in [4.69, 9.17) is 5.11 Å². The Morgan fingerprint density at radius 1 is 1.53 bits per heavy atom. The molecule has 1 N–H and O–H groups in total. The summed E-state index contributed by atoms with van der Waals surface area (Å²) in [5, 5.41) is 9.00. The molecule has 1 aromatic rings. The van der Waals surface area contributed by atoms with Crippen LogP contribution >= 0.6 is 27.7 Å². The summed E-state index contributed by atoms with van der Waals surface area (Å²) in [5.41, 5.74) is 0.656. The first-order valence-electron chi connectivity index (χ1n) is 5.00. The molecular weight excluding hydrogens is 306 g/mol. The van der Waals surface area contributed by atoms with Crippen LogP contribution in [0.1, 0.15) is 6.92 Å². The highest BCUT2D eigenvalue weighted by Crippen LogP contribution is 2.42. The van der Waals surface area contributed by atoms with Crippen molar-refractivity contribution in [2.75, 3.05) is 11.4 Å². The Kier molecular flexibility index (Phi) is 3.44. The van der Waals surface area contributed by atoms with Crippen LogP contribution < -0.4 is 4.90 Å². The number of benzene rings is 1. The van der Waals surface area contributed by atoms with Gasteiger partial charge >= 0.3 is 11.9 Å². The second kappa shape index (κ2) is 4.70. The van der Waals surface area contributed by atoms with Crippen molar-refractivity contribution in [1.82, 2.24) is 0 Å². The lowest BCUT2D eigenvalue weighted by molar-refractivity contribution is -0.148. The third-order valence-electron chi connectivity index (χ3n) is 2.42. The molecule has 1 atom stereocenters. The van der Waals surface area contributed by atoms with Gasteiger partial charge in [0.1, 0.15) is 0 Å². The predicted octanol–water partition coefficient (Wildman–Crippen LogP) is 2.36. The highest BCUT2D eigenvalue weighted by Gasteiger charge is 2.31. The number of carbonyl (C=O) groups excluding carboxylic acids is 1. The van der Waals surface area contributed by atoms with E-state index < -0.39 is 11.9 Å². The fourth-order valence-corrected chi connectivity index (χ4v) is 3.61. The monoisotopic (exact) mass is 315 g/mol. The van der Waals surface area contributed by atoms with E-state index in [1.54, 1.807) is 17.8 Å². The molecule has 2 rings (SSSR count). The number of fused-ring (bicyclic) bond motifs is 1. The summed E-state index contributed by atoms with van der Waals surface area (Å²) in [5.74, 6) is -2.31. The van der Waals surface area contributed by atoms with Crippen molar-refractivity contribution in [3.63, 3.8) is 0 Å². The van der Waals surface area contributed by atoms with Crippen molar-refractivity contribution in [2.45, 2.75) is 17.1 Å². The fourth-order valence-electron chi connectivity index (χ4n) is 1.75. The van der Waals surface area contributed by atoms with Crippen LogP contribution in [-0.2, 0) is 9.59 Å². The summed E-state index contributed by atoms with van der Waals surface area (Å²) in [4.78, 5) is 24.7. The molecule has 17 heavy (non-hydrogen) atoms. The van der Waals surface area contributed by atoms with E-state index >= 15 is 0 Å². The summed E-state index contributed by atoms with van der Waals surface area (Å²) in [6.07, 6.45) is 0. The van der Waals surface area contributed by atoms with Crippen LogP contribution in [0.4, 0.5) is 5.69 Å². The molecule has 4 nitrogen and oxygen atoms in total. The maximum Gasteiger partial charge on any atom is 0.394 e. The molecule has 0 radical (unpaired) electrons. The van der Waals surface area contributed by atoms with Gasteiger partial charge in [0.2, 0.25) is 0 Å². The zero-order valence-corrected chi connectivity index (χ0v) is 11.4. The molecule has 1 aliphatic rings. The topological polar surface area (TPSA) is 57.6 Å². The minimum absolute atomic E-state index is 0.181. The molecule has 1 aromatic carbocycles. The summed E-state index contributed by atoms with van der Waals surface area (Å²) in [6.45, 7) is 2.38. The third kappa shape index (κ3) is 2.32. The highest BCUT2D eigenvalue weighted by atomic mass is 79.9. The van der Waals surface area contributed by atoms with Crippen LogP contribution in [0.3, 0.4) is 0 Å². The average Bonchev–Trinajstić information content (AvgIpc) is 2.26. The van der Waals surface area contributed by atoms with Crippen LogP contribution in [0.25, 0.3) is 0 Å². The Labute approximate surface area is 111 Å². The van der Waals surface area contributed by atoms with E-state index in [1.165, 1.54) is 4.90 Å². The van der Waals surface area contributed by atoms with Crippen LogP contribution in [0.5, 0.6) is 0 Å². The number of nitrogens with zero attached hydrogens (tertiary/aromatic N) is 1. The molecule has 90 valence electrons. The Hall–Kier alpha value is -1.01. The molecule has 0 aromatic heterocycles. The lowest BCUT2D eigenvalue weighted by atomic mass is 10.2. The molecule has 0 saturated heterocycles. The number of halogens is 1. The average molecular weight is 316 g/mol. The van der Waals surface area contributed by atoms with E-state index in [0.29, 0.717) is 12.2 Å². The quantitative estimate of drug-likeness (QED) is 0.747. The standard InChI is InChI=1S/C11H10BrNO3S/c1-6-5-13(10(14)11(15)16)9-7(12)3-2-4-8(9)17-6/h2-4,6H,5H2,1H3,(H,15,16). The maximum atomic E-state index is 11.7. The number of carboxylic acids is 1. The van der Waals surface area contributed by atoms with Crippen molar-refractivity contribution >= 4 is 45.3 Å². The van der Waals surface area contributed by atoms with E-state index in [2.05, 4.69) is 15.9 Å². The number of aliphatic carboxylic acids is 1. The largest absolute Gasteiger partial charge is 0.474 e. The second-order valence-corrected chi connectivity index (χ2v) is 6.07. The fraction of sp³-hybridized carbons (Fsp3) is 0.273. The van der Waals surface area contributed by atoms with E-state index in [0.717, 1.165) is 9.37 Å². The molecule has 1 amide bonds. The van der Waals surface area contributed by atoms with Gasteiger partial charge in [-0.25, -0.2) is 4.79 Å². The normalized spacial score (nSPS) is 18.7. The van der Waals surface area contributed by atoms with E-state index in [9.17, 15) is 9.59 Å². The number of rotatable bonds is 0. The predicted molar refractivity (Wildman–Crippen MR) is 69.4 cm³/mol. The van der Waals surface area contributed by atoms with Crippen molar-refractivity contribution in [3.8, 4) is 0 Å². The van der Waals surface area contributed by atoms with Gasteiger partial charge in [0.25, 0.3) is 0 Å². The second-order valence-electron chi connectivity index (χ2n) is 3.74. The number of thioether (sulfide) groups is 1. The highest BCUT2D eigenvalue weighted by molar-refractivity contribution is 9.10. The summed E-state index contributed by atoms with van der Waals surface area (Å²) < 4.78 is 0.740. The molecule has 6 heteroatoms.